The van der Waals surface area contributed by atoms with Gasteiger partial charge < -0.3 is 10.2 Å². The first-order valence-corrected chi connectivity index (χ1v) is 7.83. The molecule has 2 amide bonds. The van der Waals surface area contributed by atoms with Gasteiger partial charge in [-0.05, 0) is 12.1 Å². The van der Waals surface area contributed by atoms with Gasteiger partial charge in [0.2, 0.25) is 5.91 Å². The van der Waals surface area contributed by atoms with Crippen LogP contribution in [-0.4, -0.2) is 37.4 Å². The molecule has 0 unspecified atom stereocenters. The van der Waals surface area contributed by atoms with Crippen LogP contribution < -0.4 is 5.32 Å². The van der Waals surface area contributed by atoms with Gasteiger partial charge in [0.25, 0.3) is 5.91 Å². The van der Waals surface area contributed by atoms with E-state index in [1.807, 2.05) is 0 Å². The van der Waals surface area contributed by atoms with E-state index in [-0.39, 0.29) is 23.4 Å². The van der Waals surface area contributed by atoms with Gasteiger partial charge in [0, 0.05) is 29.2 Å². The molecule has 0 aliphatic carbocycles. The number of nitrogens with zero attached hydrogens (tertiary/aromatic N) is 1. The lowest BCUT2D eigenvalue weighted by atomic mass is 10.2. The first kappa shape index (κ1) is 16.4. The highest BCUT2D eigenvalue weighted by molar-refractivity contribution is 7.21. The number of amides is 2. The smallest absolute Gasteiger partial charge is 0.265 e. The standard InChI is InChI=1S/C13H11Cl3N2O2S/c1-17-9(19)5-18(2)13(20)12-11(16)10-7(15)3-6(14)4-8(10)21-12/h3-4H,5H2,1-2H3,(H,17,19). The third-order valence-electron chi connectivity index (χ3n) is 2.85. The van der Waals surface area contributed by atoms with Gasteiger partial charge in [0.05, 0.1) is 16.6 Å². The summed E-state index contributed by atoms with van der Waals surface area (Å²) in [5, 5.41) is 4.21. The average molecular weight is 366 g/mol. The fraction of sp³-hybridized carbons (Fsp3) is 0.231. The maximum atomic E-state index is 12.4. The van der Waals surface area contributed by atoms with E-state index in [1.54, 1.807) is 12.1 Å². The second-order valence-electron chi connectivity index (χ2n) is 4.34. The van der Waals surface area contributed by atoms with E-state index < -0.39 is 0 Å². The van der Waals surface area contributed by atoms with E-state index in [4.69, 9.17) is 34.8 Å². The highest BCUT2D eigenvalue weighted by Gasteiger charge is 2.23. The molecule has 0 aliphatic heterocycles. The largest absolute Gasteiger partial charge is 0.358 e. The average Bonchev–Trinajstić information content (AvgIpc) is 2.74. The highest BCUT2D eigenvalue weighted by atomic mass is 35.5. The third-order valence-corrected chi connectivity index (χ3v) is 4.98. The molecule has 1 N–H and O–H groups in total. The summed E-state index contributed by atoms with van der Waals surface area (Å²) >= 11 is 19.5. The summed E-state index contributed by atoms with van der Waals surface area (Å²) in [7, 11) is 3.04. The van der Waals surface area contributed by atoms with Crippen LogP contribution >= 0.6 is 46.1 Å². The van der Waals surface area contributed by atoms with E-state index in [9.17, 15) is 9.59 Å². The Morgan fingerprint density at radius 1 is 1.29 bits per heavy atom. The molecule has 1 heterocycles. The molecule has 1 aromatic carbocycles. The molecule has 4 nitrogen and oxygen atoms in total. The number of carbonyl (C=O) groups is 2. The summed E-state index contributed by atoms with van der Waals surface area (Å²) in [6.45, 7) is -0.0472. The number of halogens is 3. The van der Waals surface area contributed by atoms with Gasteiger partial charge in [0.15, 0.2) is 0 Å². The lowest BCUT2D eigenvalue weighted by molar-refractivity contribution is -0.121. The van der Waals surface area contributed by atoms with Crippen molar-refractivity contribution in [2.45, 2.75) is 0 Å². The van der Waals surface area contributed by atoms with E-state index in [0.29, 0.717) is 20.3 Å². The molecule has 0 spiro atoms. The van der Waals surface area contributed by atoms with Crippen LogP contribution in [0.2, 0.25) is 15.1 Å². The summed E-state index contributed by atoms with van der Waals surface area (Å²) < 4.78 is 0.731. The highest BCUT2D eigenvalue weighted by Crippen LogP contribution is 2.41. The molecule has 8 heteroatoms. The van der Waals surface area contributed by atoms with Gasteiger partial charge in [-0.1, -0.05) is 34.8 Å². The molecule has 0 bridgehead atoms. The maximum Gasteiger partial charge on any atom is 0.265 e. The zero-order valence-electron chi connectivity index (χ0n) is 11.2. The zero-order chi connectivity index (χ0) is 15.7. The molecule has 0 aliphatic rings. The lowest BCUT2D eigenvalue weighted by Crippen LogP contribution is -2.36. The minimum atomic E-state index is -0.336. The Labute approximate surface area is 140 Å². The number of nitrogens with one attached hydrogen (secondary N) is 1. The molecule has 1 aromatic heterocycles. The van der Waals surface area contributed by atoms with E-state index >= 15 is 0 Å². The van der Waals surface area contributed by atoms with Crippen LogP contribution in [0.4, 0.5) is 0 Å². The number of hydrogen-bond donors (Lipinski definition) is 1. The van der Waals surface area contributed by atoms with Crippen molar-refractivity contribution in [1.82, 2.24) is 10.2 Å². The van der Waals surface area contributed by atoms with Gasteiger partial charge in [-0.2, -0.15) is 0 Å². The normalized spacial score (nSPS) is 10.7. The Balaban J connectivity index is 2.43. The lowest BCUT2D eigenvalue weighted by Gasteiger charge is -2.15. The molecular weight excluding hydrogens is 355 g/mol. The van der Waals surface area contributed by atoms with E-state index in [1.165, 1.54) is 30.3 Å². The Bertz CT molecular complexity index is 730. The minimum Gasteiger partial charge on any atom is -0.358 e. The predicted octanol–water partition coefficient (Wildman–Crippen LogP) is 3.68. The monoisotopic (exact) mass is 364 g/mol. The van der Waals surface area contributed by atoms with E-state index in [2.05, 4.69) is 5.32 Å². The van der Waals surface area contributed by atoms with Crippen LogP contribution in [0.1, 0.15) is 9.67 Å². The number of rotatable bonds is 3. The zero-order valence-corrected chi connectivity index (χ0v) is 14.3. The first-order chi connectivity index (χ1) is 9.85. The maximum absolute atomic E-state index is 12.4. The Morgan fingerprint density at radius 2 is 1.95 bits per heavy atom. The van der Waals surface area contributed by atoms with Crippen LogP contribution in [0.25, 0.3) is 10.1 Å². The SMILES string of the molecule is CNC(=O)CN(C)C(=O)c1sc2cc(Cl)cc(Cl)c2c1Cl. The third kappa shape index (κ3) is 3.26. The van der Waals surface area contributed by atoms with Gasteiger partial charge in [0.1, 0.15) is 4.88 Å². The van der Waals surface area contributed by atoms with Gasteiger partial charge in [-0.3, -0.25) is 9.59 Å². The number of fused-ring (bicyclic) bond motifs is 1. The predicted molar refractivity (Wildman–Crippen MR) is 87.9 cm³/mol. The molecule has 0 fully saturated rings. The van der Waals surface area contributed by atoms with Crippen molar-refractivity contribution in [3.63, 3.8) is 0 Å². The molecule has 0 atom stereocenters. The summed E-state index contributed by atoms with van der Waals surface area (Å²) in [5.41, 5.74) is 0. The fourth-order valence-corrected chi connectivity index (χ4v) is 4.16. The molecule has 0 radical (unpaired) electrons. The quantitative estimate of drug-likeness (QED) is 0.902. The van der Waals surface area contributed by atoms with Crippen LogP contribution in [0.15, 0.2) is 12.1 Å². The van der Waals surface area contributed by atoms with Crippen molar-refractivity contribution >= 4 is 68.0 Å². The summed E-state index contributed by atoms with van der Waals surface area (Å²) in [5.74, 6) is -0.596. The van der Waals surface area contributed by atoms with Gasteiger partial charge in [-0.25, -0.2) is 0 Å². The van der Waals surface area contributed by atoms with Gasteiger partial charge >= 0.3 is 0 Å². The number of hydrogen-bond acceptors (Lipinski definition) is 3. The summed E-state index contributed by atoms with van der Waals surface area (Å²) in [6.07, 6.45) is 0. The molecular formula is C13H11Cl3N2O2S. The first-order valence-electron chi connectivity index (χ1n) is 5.88. The van der Waals surface area contributed by atoms with Crippen molar-refractivity contribution in [2.24, 2.45) is 0 Å². The fourth-order valence-electron chi connectivity index (χ4n) is 1.79. The van der Waals surface area contributed by atoms with Crippen LogP contribution in [-0.2, 0) is 4.79 Å². The van der Waals surface area contributed by atoms with Gasteiger partial charge in [-0.15, -0.1) is 11.3 Å². The van der Waals surface area contributed by atoms with Crippen molar-refractivity contribution in [3.8, 4) is 0 Å². The molecule has 2 aromatic rings. The molecule has 2 rings (SSSR count). The second kappa shape index (κ2) is 6.40. The van der Waals surface area contributed by atoms with Crippen molar-refractivity contribution in [2.75, 3.05) is 20.6 Å². The Kier molecular flexibility index (Phi) is 4.99. The number of likely N-dealkylation sites (N-methyl/N-ethyl adjacent to an activating group) is 2. The molecule has 21 heavy (non-hydrogen) atoms. The Hall–Kier alpha value is -1.01. The second-order valence-corrected chi connectivity index (χ2v) is 6.61. The Morgan fingerprint density at radius 3 is 2.57 bits per heavy atom. The topological polar surface area (TPSA) is 49.4 Å². The van der Waals surface area contributed by atoms with Crippen molar-refractivity contribution < 1.29 is 9.59 Å². The van der Waals surface area contributed by atoms with Crippen LogP contribution in [0.5, 0.6) is 0 Å². The molecule has 0 saturated heterocycles. The number of carbonyl (C=O) groups excluding carboxylic acids is 2. The minimum absolute atomic E-state index is 0.0472. The number of benzene rings is 1. The van der Waals surface area contributed by atoms with Crippen LogP contribution in [0.3, 0.4) is 0 Å². The summed E-state index contributed by atoms with van der Waals surface area (Å²) in [6, 6.07) is 3.28. The summed E-state index contributed by atoms with van der Waals surface area (Å²) in [4.78, 5) is 25.4. The van der Waals surface area contributed by atoms with E-state index in [0.717, 1.165) is 4.70 Å². The molecule has 0 saturated carbocycles. The van der Waals surface area contributed by atoms with Crippen LogP contribution in [0, 0.1) is 0 Å². The van der Waals surface area contributed by atoms with Crippen molar-refractivity contribution in [1.29, 1.82) is 0 Å². The van der Waals surface area contributed by atoms with Crippen molar-refractivity contribution in [3.05, 3.63) is 32.1 Å². The number of thiophene rings is 1. The molecule has 112 valence electrons.